The van der Waals surface area contributed by atoms with E-state index in [0.29, 0.717) is 0 Å². The molecule has 0 aliphatic carbocycles. The van der Waals surface area contributed by atoms with Gasteiger partial charge in [-0.1, -0.05) is 42.5 Å². The van der Waals surface area contributed by atoms with Crippen LogP contribution in [0.3, 0.4) is 0 Å². The number of fused-ring (bicyclic) bond motifs is 3. The van der Waals surface area contributed by atoms with Crippen molar-refractivity contribution < 1.29 is 42.5 Å². The fourth-order valence-electron chi connectivity index (χ4n) is 2.14. The Bertz CT molecular complexity index is 857. The maximum Gasteiger partial charge on any atom is 1.00 e. The fraction of sp³-hybridized carbons (Fsp3) is 0. The molecule has 3 aromatic rings. The van der Waals surface area contributed by atoms with E-state index in [1.54, 1.807) is 6.07 Å². The molecule has 0 saturated carbocycles. The maximum atomic E-state index is 11.2. The first-order valence-corrected chi connectivity index (χ1v) is 6.89. The van der Waals surface area contributed by atoms with E-state index in [4.69, 9.17) is 4.55 Å². The minimum Gasteiger partial charge on any atom is -0.282 e. The standard InChI is InChI=1S/C14H10O3S.Na/c15-18(16,17)12-8-7-11-6-5-10-3-1-2-4-13(10)14(11)9-12;/h1-9H,(H,15,16,17);/q;+1. The zero-order valence-electron chi connectivity index (χ0n) is 10.4. The summed E-state index contributed by atoms with van der Waals surface area (Å²) in [6.07, 6.45) is 0. The second-order valence-corrected chi connectivity index (χ2v) is 5.57. The van der Waals surface area contributed by atoms with E-state index in [1.807, 2.05) is 36.4 Å². The summed E-state index contributed by atoms with van der Waals surface area (Å²) in [5.74, 6) is 0. The van der Waals surface area contributed by atoms with Gasteiger partial charge in [0.15, 0.2) is 0 Å². The van der Waals surface area contributed by atoms with Crippen LogP contribution in [0.4, 0.5) is 0 Å². The third-order valence-corrected chi connectivity index (χ3v) is 3.87. The van der Waals surface area contributed by atoms with Gasteiger partial charge >= 0.3 is 29.6 Å². The van der Waals surface area contributed by atoms with Crippen molar-refractivity contribution in [2.24, 2.45) is 0 Å². The van der Waals surface area contributed by atoms with Gasteiger partial charge in [0.1, 0.15) is 0 Å². The quantitative estimate of drug-likeness (QED) is 0.395. The Hall–Kier alpha value is -0.910. The van der Waals surface area contributed by atoms with E-state index >= 15 is 0 Å². The molecule has 1 N–H and O–H groups in total. The zero-order valence-corrected chi connectivity index (χ0v) is 13.2. The molecule has 0 bridgehead atoms. The Kier molecular flexibility index (Phi) is 3.99. The average molecular weight is 281 g/mol. The molecule has 0 amide bonds. The van der Waals surface area contributed by atoms with E-state index in [2.05, 4.69) is 0 Å². The van der Waals surface area contributed by atoms with Crippen LogP contribution in [0, 0.1) is 0 Å². The van der Waals surface area contributed by atoms with Gasteiger partial charge in [0.25, 0.3) is 10.1 Å². The zero-order chi connectivity index (χ0) is 12.8. The largest absolute Gasteiger partial charge is 1.00 e. The van der Waals surface area contributed by atoms with Gasteiger partial charge in [0.05, 0.1) is 4.90 Å². The minimum atomic E-state index is -4.16. The third kappa shape index (κ3) is 2.68. The van der Waals surface area contributed by atoms with Crippen LogP contribution in [0.1, 0.15) is 0 Å². The number of benzene rings is 3. The molecule has 3 aromatic carbocycles. The van der Waals surface area contributed by atoms with Crippen molar-refractivity contribution in [1.29, 1.82) is 0 Å². The summed E-state index contributed by atoms with van der Waals surface area (Å²) in [6.45, 7) is 0. The molecule has 0 unspecified atom stereocenters. The monoisotopic (exact) mass is 281 g/mol. The molecular formula is C14H10NaO3S+. The molecule has 0 fully saturated rings. The molecule has 19 heavy (non-hydrogen) atoms. The first-order chi connectivity index (χ1) is 8.55. The van der Waals surface area contributed by atoms with Gasteiger partial charge < -0.3 is 0 Å². The molecule has 90 valence electrons. The Balaban J connectivity index is 0.00000133. The van der Waals surface area contributed by atoms with Gasteiger partial charge in [-0.3, -0.25) is 4.55 Å². The molecule has 3 nitrogen and oxygen atoms in total. The summed E-state index contributed by atoms with van der Waals surface area (Å²) in [7, 11) is -4.16. The van der Waals surface area contributed by atoms with Gasteiger partial charge in [-0.15, -0.1) is 0 Å². The molecule has 0 radical (unpaired) electrons. The van der Waals surface area contributed by atoms with Crippen molar-refractivity contribution in [3.8, 4) is 0 Å². The molecule has 5 heteroatoms. The average Bonchev–Trinajstić information content (AvgIpc) is 2.37. The summed E-state index contributed by atoms with van der Waals surface area (Å²) < 4.78 is 31.4. The molecule has 0 heterocycles. The SMILES string of the molecule is O=S(=O)(O)c1ccc2ccc3ccccc3c2c1.[Na+]. The summed E-state index contributed by atoms with van der Waals surface area (Å²) in [5.41, 5.74) is 0. The second kappa shape index (κ2) is 5.23. The maximum absolute atomic E-state index is 11.2. The van der Waals surface area contributed by atoms with Crippen molar-refractivity contribution in [3.63, 3.8) is 0 Å². The molecule has 0 spiro atoms. The molecule has 0 saturated heterocycles. The van der Waals surface area contributed by atoms with Crippen molar-refractivity contribution in [1.82, 2.24) is 0 Å². The van der Waals surface area contributed by atoms with E-state index in [1.165, 1.54) is 12.1 Å². The van der Waals surface area contributed by atoms with Crippen LogP contribution in [0.2, 0.25) is 0 Å². The van der Waals surface area contributed by atoms with Crippen molar-refractivity contribution in [2.45, 2.75) is 4.90 Å². The molecule has 3 rings (SSSR count). The van der Waals surface area contributed by atoms with Crippen molar-refractivity contribution in [3.05, 3.63) is 54.6 Å². The summed E-state index contributed by atoms with van der Waals surface area (Å²) in [5, 5.41) is 3.78. The normalized spacial score (nSPS) is 11.4. The number of rotatable bonds is 1. The molecule has 0 aliphatic heterocycles. The second-order valence-electron chi connectivity index (χ2n) is 4.14. The summed E-state index contributed by atoms with van der Waals surface area (Å²) in [4.78, 5) is -0.0775. The fourth-order valence-corrected chi connectivity index (χ4v) is 2.65. The van der Waals surface area contributed by atoms with Gasteiger partial charge in [0, 0.05) is 0 Å². The van der Waals surface area contributed by atoms with E-state index < -0.39 is 10.1 Å². The number of hydrogen-bond donors (Lipinski definition) is 1. The molecule has 0 aliphatic rings. The Morgan fingerprint density at radius 3 is 2.05 bits per heavy atom. The summed E-state index contributed by atoms with van der Waals surface area (Å²) >= 11 is 0. The first-order valence-electron chi connectivity index (χ1n) is 5.45. The van der Waals surface area contributed by atoms with Crippen LogP contribution >= 0.6 is 0 Å². The predicted molar refractivity (Wildman–Crippen MR) is 71.3 cm³/mol. The Morgan fingerprint density at radius 1 is 0.789 bits per heavy atom. The summed E-state index contributed by atoms with van der Waals surface area (Å²) in [6, 6.07) is 16.3. The van der Waals surface area contributed by atoms with Crippen LogP contribution < -0.4 is 29.6 Å². The van der Waals surface area contributed by atoms with Crippen LogP contribution in [0.15, 0.2) is 59.5 Å². The van der Waals surface area contributed by atoms with Gasteiger partial charge in [-0.25, -0.2) is 0 Å². The number of hydrogen-bond acceptors (Lipinski definition) is 2. The van der Waals surface area contributed by atoms with Crippen molar-refractivity contribution in [2.75, 3.05) is 0 Å². The smallest absolute Gasteiger partial charge is 0.282 e. The van der Waals surface area contributed by atoms with Gasteiger partial charge in [-0.2, -0.15) is 8.42 Å². The molecular weight excluding hydrogens is 271 g/mol. The van der Waals surface area contributed by atoms with Crippen LogP contribution in [0.5, 0.6) is 0 Å². The van der Waals surface area contributed by atoms with Crippen molar-refractivity contribution >= 4 is 31.7 Å². The predicted octanol–water partition coefficient (Wildman–Crippen LogP) is 0.244. The third-order valence-electron chi connectivity index (χ3n) is 3.02. The topological polar surface area (TPSA) is 54.4 Å². The Labute approximate surface area is 133 Å². The molecule has 0 atom stereocenters. The van der Waals surface area contributed by atoms with Crippen LogP contribution in [0.25, 0.3) is 21.5 Å². The van der Waals surface area contributed by atoms with Crippen LogP contribution in [-0.2, 0) is 10.1 Å². The van der Waals surface area contributed by atoms with Crippen LogP contribution in [-0.4, -0.2) is 13.0 Å². The van der Waals surface area contributed by atoms with E-state index in [0.717, 1.165) is 21.5 Å². The first kappa shape index (κ1) is 14.5. The van der Waals surface area contributed by atoms with Gasteiger partial charge in [-0.05, 0) is 33.7 Å². The van der Waals surface area contributed by atoms with E-state index in [-0.39, 0.29) is 34.5 Å². The van der Waals surface area contributed by atoms with E-state index in [9.17, 15) is 8.42 Å². The molecule has 0 aromatic heterocycles. The van der Waals surface area contributed by atoms with Gasteiger partial charge in [0.2, 0.25) is 0 Å². The Morgan fingerprint density at radius 2 is 1.37 bits per heavy atom. The minimum absolute atomic E-state index is 0.